The predicted octanol–water partition coefficient (Wildman–Crippen LogP) is 3.55. The maximum absolute atomic E-state index is 12.3. The van der Waals surface area contributed by atoms with Gasteiger partial charge in [-0.2, -0.15) is 0 Å². The number of carbonyl (C=O) groups is 1. The standard InChI is InChI=1S/C23H30N2O3/c1-17-5-4-6-22(15-17)27-18(2)23(26)24-16-19-7-9-20(10-8-19)28-21-11-13-25(3)14-12-21/h4-10,15,18,21H,11-14,16H2,1-3H3,(H,24,26)/t18-/m0/s1. The zero-order valence-corrected chi connectivity index (χ0v) is 17.0. The topological polar surface area (TPSA) is 50.8 Å². The number of hydrogen-bond donors (Lipinski definition) is 1. The van der Waals surface area contributed by atoms with Gasteiger partial charge in [0, 0.05) is 19.6 Å². The van der Waals surface area contributed by atoms with Crippen molar-refractivity contribution in [1.29, 1.82) is 0 Å². The van der Waals surface area contributed by atoms with Gasteiger partial charge in [-0.3, -0.25) is 4.79 Å². The van der Waals surface area contributed by atoms with Gasteiger partial charge < -0.3 is 19.7 Å². The van der Waals surface area contributed by atoms with Crippen molar-refractivity contribution >= 4 is 5.91 Å². The van der Waals surface area contributed by atoms with Crippen LogP contribution in [0.2, 0.25) is 0 Å². The number of nitrogens with one attached hydrogen (secondary N) is 1. The molecule has 1 aliphatic heterocycles. The fraction of sp³-hybridized carbons (Fsp3) is 0.435. The lowest BCUT2D eigenvalue weighted by Crippen LogP contribution is -2.36. The number of piperidine rings is 1. The summed E-state index contributed by atoms with van der Waals surface area (Å²) in [6, 6.07) is 15.7. The van der Waals surface area contributed by atoms with Gasteiger partial charge in [0.05, 0.1) is 0 Å². The van der Waals surface area contributed by atoms with E-state index in [0.29, 0.717) is 18.4 Å². The highest BCUT2D eigenvalue weighted by molar-refractivity contribution is 5.80. The number of aryl methyl sites for hydroxylation is 1. The maximum Gasteiger partial charge on any atom is 0.261 e. The van der Waals surface area contributed by atoms with Crippen LogP contribution in [0.1, 0.15) is 30.9 Å². The zero-order valence-electron chi connectivity index (χ0n) is 17.0. The third kappa shape index (κ3) is 5.99. The van der Waals surface area contributed by atoms with Gasteiger partial charge in [-0.05, 0) is 69.1 Å². The van der Waals surface area contributed by atoms with Crippen LogP contribution in [0.5, 0.6) is 11.5 Å². The van der Waals surface area contributed by atoms with Crippen LogP contribution < -0.4 is 14.8 Å². The first-order chi connectivity index (χ1) is 13.5. The largest absolute Gasteiger partial charge is 0.490 e. The van der Waals surface area contributed by atoms with Gasteiger partial charge in [0.1, 0.15) is 17.6 Å². The van der Waals surface area contributed by atoms with Crippen molar-refractivity contribution in [2.75, 3.05) is 20.1 Å². The minimum Gasteiger partial charge on any atom is -0.490 e. The average molecular weight is 383 g/mol. The molecule has 1 fully saturated rings. The Labute approximate surface area is 167 Å². The van der Waals surface area contributed by atoms with Crippen LogP contribution in [0.4, 0.5) is 0 Å². The Morgan fingerprint density at radius 3 is 2.54 bits per heavy atom. The Morgan fingerprint density at radius 1 is 1.14 bits per heavy atom. The van der Waals surface area contributed by atoms with Crippen molar-refractivity contribution in [1.82, 2.24) is 10.2 Å². The summed E-state index contributed by atoms with van der Waals surface area (Å²) in [5.41, 5.74) is 2.14. The van der Waals surface area contributed by atoms with E-state index >= 15 is 0 Å². The molecule has 1 saturated heterocycles. The fourth-order valence-electron chi connectivity index (χ4n) is 3.26. The minimum atomic E-state index is -0.547. The number of carbonyl (C=O) groups excluding carboxylic acids is 1. The van der Waals surface area contributed by atoms with E-state index in [1.54, 1.807) is 6.92 Å². The number of ether oxygens (including phenoxy) is 2. The molecule has 0 unspecified atom stereocenters. The lowest BCUT2D eigenvalue weighted by Gasteiger charge is -2.29. The molecule has 1 heterocycles. The van der Waals surface area contributed by atoms with Crippen LogP contribution in [0.25, 0.3) is 0 Å². The van der Waals surface area contributed by atoms with Gasteiger partial charge in [-0.15, -0.1) is 0 Å². The number of benzene rings is 2. The third-order valence-electron chi connectivity index (χ3n) is 5.03. The molecule has 2 aromatic carbocycles. The van der Waals surface area contributed by atoms with E-state index in [1.165, 1.54) is 0 Å². The first-order valence-electron chi connectivity index (χ1n) is 9.95. The van der Waals surface area contributed by atoms with Crippen LogP contribution in [0.3, 0.4) is 0 Å². The highest BCUT2D eigenvalue weighted by Gasteiger charge is 2.18. The van der Waals surface area contributed by atoms with E-state index in [9.17, 15) is 4.79 Å². The van der Waals surface area contributed by atoms with E-state index in [-0.39, 0.29) is 5.91 Å². The van der Waals surface area contributed by atoms with Crippen molar-refractivity contribution < 1.29 is 14.3 Å². The van der Waals surface area contributed by atoms with Gasteiger partial charge in [-0.1, -0.05) is 24.3 Å². The summed E-state index contributed by atoms with van der Waals surface area (Å²) in [6.45, 7) is 6.39. The summed E-state index contributed by atoms with van der Waals surface area (Å²) in [6.07, 6.45) is 1.87. The molecule has 0 radical (unpaired) electrons. The fourth-order valence-corrected chi connectivity index (χ4v) is 3.26. The second kappa shape index (κ2) is 9.60. The molecule has 5 heteroatoms. The van der Waals surface area contributed by atoms with Crippen molar-refractivity contribution in [2.45, 2.75) is 45.4 Å². The molecule has 28 heavy (non-hydrogen) atoms. The summed E-state index contributed by atoms with van der Waals surface area (Å²) in [4.78, 5) is 14.6. The molecule has 0 aliphatic carbocycles. The number of rotatable bonds is 7. The Bertz CT molecular complexity index is 768. The minimum absolute atomic E-state index is 0.131. The third-order valence-corrected chi connectivity index (χ3v) is 5.03. The van der Waals surface area contributed by atoms with Gasteiger partial charge in [0.15, 0.2) is 6.10 Å². The van der Waals surface area contributed by atoms with Crippen molar-refractivity contribution in [3.63, 3.8) is 0 Å². The molecule has 0 aromatic heterocycles. The summed E-state index contributed by atoms with van der Waals surface area (Å²) in [5, 5.41) is 2.93. The Hall–Kier alpha value is -2.53. The summed E-state index contributed by atoms with van der Waals surface area (Å²) in [5.74, 6) is 1.46. The van der Waals surface area contributed by atoms with Crippen LogP contribution in [0.15, 0.2) is 48.5 Å². The lowest BCUT2D eigenvalue weighted by molar-refractivity contribution is -0.127. The van der Waals surface area contributed by atoms with Crippen molar-refractivity contribution in [3.8, 4) is 11.5 Å². The first kappa shape index (κ1) is 20.2. The van der Waals surface area contributed by atoms with Crippen LogP contribution in [0, 0.1) is 6.92 Å². The second-order valence-electron chi connectivity index (χ2n) is 7.56. The SMILES string of the molecule is Cc1cccc(O[C@@H](C)C(=O)NCc2ccc(OC3CCN(C)CC3)cc2)c1. The monoisotopic (exact) mass is 382 g/mol. The van der Waals surface area contributed by atoms with Gasteiger partial charge in [0.2, 0.25) is 0 Å². The van der Waals surface area contributed by atoms with Gasteiger partial charge >= 0.3 is 0 Å². The molecule has 0 saturated carbocycles. The van der Waals surface area contributed by atoms with Gasteiger partial charge in [0.25, 0.3) is 5.91 Å². The maximum atomic E-state index is 12.3. The number of hydrogen-bond acceptors (Lipinski definition) is 4. The van der Waals surface area contributed by atoms with Crippen molar-refractivity contribution in [2.24, 2.45) is 0 Å². The summed E-state index contributed by atoms with van der Waals surface area (Å²) >= 11 is 0. The zero-order chi connectivity index (χ0) is 19.9. The number of nitrogens with zero attached hydrogens (tertiary/aromatic N) is 1. The average Bonchev–Trinajstić information content (AvgIpc) is 2.69. The van der Waals surface area contributed by atoms with Crippen molar-refractivity contribution in [3.05, 3.63) is 59.7 Å². The highest BCUT2D eigenvalue weighted by atomic mass is 16.5. The van der Waals surface area contributed by atoms with Gasteiger partial charge in [-0.25, -0.2) is 0 Å². The molecular formula is C23H30N2O3. The van der Waals surface area contributed by atoms with Crippen LogP contribution in [-0.2, 0) is 11.3 Å². The van der Waals surface area contributed by atoms with E-state index < -0.39 is 6.10 Å². The molecule has 0 spiro atoms. The van der Waals surface area contributed by atoms with Crippen LogP contribution in [-0.4, -0.2) is 43.2 Å². The molecular weight excluding hydrogens is 352 g/mol. The molecule has 1 aliphatic rings. The first-order valence-corrected chi connectivity index (χ1v) is 9.95. The van der Waals surface area contributed by atoms with E-state index in [2.05, 4.69) is 17.3 Å². The Morgan fingerprint density at radius 2 is 1.86 bits per heavy atom. The molecule has 5 nitrogen and oxygen atoms in total. The van der Waals surface area contributed by atoms with E-state index in [0.717, 1.165) is 42.8 Å². The molecule has 0 bridgehead atoms. The molecule has 1 atom stereocenters. The molecule has 1 N–H and O–H groups in total. The quantitative estimate of drug-likeness (QED) is 0.796. The smallest absolute Gasteiger partial charge is 0.261 e. The second-order valence-corrected chi connectivity index (χ2v) is 7.56. The summed E-state index contributed by atoms with van der Waals surface area (Å²) in [7, 11) is 2.14. The molecule has 2 aromatic rings. The molecule has 3 rings (SSSR count). The lowest BCUT2D eigenvalue weighted by atomic mass is 10.1. The molecule has 150 valence electrons. The normalized spacial score (nSPS) is 16.4. The van der Waals surface area contributed by atoms with E-state index in [1.807, 2.05) is 55.5 Å². The number of likely N-dealkylation sites (tertiary alicyclic amines) is 1. The van der Waals surface area contributed by atoms with E-state index in [4.69, 9.17) is 9.47 Å². The number of amides is 1. The van der Waals surface area contributed by atoms with Crippen LogP contribution >= 0.6 is 0 Å². The molecule has 1 amide bonds. The Balaban J connectivity index is 1.44. The summed E-state index contributed by atoms with van der Waals surface area (Å²) < 4.78 is 11.8. The Kier molecular flexibility index (Phi) is 6.93. The highest BCUT2D eigenvalue weighted by Crippen LogP contribution is 2.19. The predicted molar refractivity (Wildman–Crippen MR) is 111 cm³/mol.